The SMILES string of the molecule is O=C(O)CCN1CCC2(CCS(=O)(=O)C2)OC1=O. The van der Waals surface area contributed by atoms with Gasteiger partial charge in [-0.05, 0) is 0 Å². The van der Waals surface area contributed by atoms with E-state index in [0.717, 1.165) is 0 Å². The van der Waals surface area contributed by atoms with Gasteiger partial charge in [-0.15, -0.1) is 0 Å². The summed E-state index contributed by atoms with van der Waals surface area (Å²) in [5.74, 6) is -1.04. The van der Waals surface area contributed by atoms with E-state index in [9.17, 15) is 18.0 Å². The molecule has 1 amide bonds. The summed E-state index contributed by atoms with van der Waals surface area (Å²) in [4.78, 5) is 23.4. The van der Waals surface area contributed by atoms with Crippen molar-refractivity contribution in [2.45, 2.75) is 24.9 Å². The number of sulfone groups is 1. The molecule has 102 valence electrons. The number of rotatable bonds is 3. The summed E-state index contributed by atoms with van der Waals surface area (Å²) in [6, 6.07) is 0. The molecule has 2 aliphatic heterocycles. The van der Waals surface area contributed by atoms with Crippen molar-refractivity contribution in [2.24, 2.45) is 0 Å². The first-order valence-electron chi connectivity index (χ1n) is 5.72. The standard InChI is InChI=1S/C10H15NO6S/c12-8(13)1-4-11-5-2-10(17-9(11)14)3-6-18(15,16)7-10/h1-7H2,(H,12,13). The second-order valence-corrected chi connectivity index (χ2v) is 6.96. The van der Waals surface area contributed by atoms with Crippen molar-refractivity contribution < 1.29 is 27.9 Å². The van der Waals surface area contributed by atoms with E-state index in [1.54, 1.807) is 0 Å². The number of hydrogen-bond donors (Lipinski definition) is 1. The number of carbonyl (C=O) groups is 2. The average Bonchev–Trinajstić information content (AvgIpc) is 2.53. The van der Waals surface area contributed by atoms with Gasteiger partial charge in [0.1, 0.15) is 5.60 Å². The Morgan fingerprint density at radius 2 is 2.17 bits per heavy atom. The third-order valence-electron chi connectivity index (χ3n) is 3.35. The summed E-state index contributed by atoms with van der Waals surface area (Å²) in [5.41, 5.74) is -0.879. The van der Waals surface area contributed by atoms with Crippen molar-refractivity contribution in [1.82, 2.24) is 4.90 Å². The van der Waals surface area contributed by atoms with E-state index in [1.807, 2.05) is 0 Å². The zero-order valence-corrected chi connectivity index (χ0v) is 10.6. The first-order chi connectivity index (χ1) is 8.32. The minimum Gasteiger partial charge on any atom is -0.481 e. The number of amides is 1. The number of carboxylic acid groups (broad SMARTS) is 1. The van der Waals surface area contributed by atoms with Gasteiger partial charge in [-0.25, -0.2) is 13.2 Å². The van der Waals surface area contributed by atoms with E-state index >= 15 is 0 Å². The van der Waals surface area contributed by atoms with Crippen molar-refractivity contribution in [3.63, 3.8) is 0 Å². The van der Waals surface area contributed by atoms with E-state index in [-0.39, 0.29) is 24.5 Å². The highest BCUT2D eigenvalue weighted by Gasteiger charge is 2.48. The molecule has 1 atom stereocenters. The van der Waals surface area contributed by atoms with Crippen LogP contribution in [0.3, 0.4) is 0 Å². The van der Waals surface area contributed by atoms with Crippen LogP contribution in [-0.4, -0.2) is 60.7 Å². The zero-order chi connectivity index (χ0) is 13.4. The van der Waals surface area contributed by atoms with Crippen molar-refractivity contribution >= 4 is 21.9 Å². The fourth-order valence-corrected chi connectivity index (χ4v) is 4.31. The predicted octanol–water partition coefficient (Wildman–Crippen LogP) is -0.139. The van der Waals surface area contributed by atoms with Gasteiger partial charge in [0.05, 0.1) is 17.9 Å². The molecule has 1 spiro atoms. The smallest absolute Gasteiger partial charge is 0.410 e. The van der Waals surface area contributed by atoms with Crippen molar-refractivity contribution in [1.29, 1.82) is 0 Å². The van der Waals surface area contributed by atoms with Gasteiger partial charge in [-0.2, -0.15) is 0 Å². The van der Waals surface area contributed by atoms with Crippen LogP contribution in [0.1, 0.15) is 19.3 Å². The van der Waals surface area contributed by atoms with Crippen LogP contribution in [0.25, 0.3) is 0 Å². The Kier molecular flexibility index (Phi) is 3.22. The van der Waals surface area contributed by atoms with E-state index in [2.05, 4.69) is 0 Å². The van der Waals surface area contributed by atoms with Crippen LogP contribution in [-0.2, 0) is 19.4 Å². The van der Waals surface area contributed by atoms with E-state index in [1.165, 1.54) is 4.90 Å². The van der Waals surface area contributed by atoms with Crippen molar-refractivity contribution in [2.75, 3.05) is 24.6 Å². The highest BCUT2D eigenvalue weighted by molar-refractivity contribution is 7.91. The Bertz CT molecular complexity index is 473. The minimum absolute atomic E-state index is 0.0510. The maximum absolute atomic E-state index is 11.7. The van der Waals surface area contributed by atoms with Gasteiger partial charge in [0, 0.05) is 25.9 Å². The molecular weight excluding hydrogens is 262 g/mol. The first kappa shape index (κ1) is 13.1. The molecule has 8 heteroatoms. The van der Waals surface area contributed by atoms with E-state index < -0.39 is 27.5 Å². The summed E-state index contributed by atoms with van der Waals surface area (Å²) in [6.07, 6.45) is 0.0332. The minimum atomic E-state index is -3.11. The fraction of sp³-hybridized carbons (Fsp3) is 0.800. The second-order valence-electron chi connectivity index (χ2n) is 4.77. The first-order valence-corrected chi connectivity index (χ1v) is 7.54. The van der Waals surface area contributed by atoms with Crippen LogP contribution in [0.5, 0.6) is 0 Å². The molecule has 0 aromatic carbocycles. The highest BCUT2D eigenvalue weighted by Crippen LogP contribution is 2.34. The Labute approximate surface area is 105 Å². The Hall–Kier alpha value is -1.31. The molecule has 2 rings (SSSR count). The summed E-state index contributed by atoms with van der Waals surface area (Å²) in [6.45, 7) is 0.443. The van der Waals surface area contributed by atoms with Gasteiger partial charge < -0.3 is 14.7 Å². The summed E-state index contributed by atoms with van der Waals surface area (Å²) in [5, 5.41) is 8.55. The average molecular weight is 277 g/mol. The van der Waals surface area contributed by atoms with Crippen LogP contribution >= 0.6 is 0 Å². The lowest BCUT2D eigenvalue weighted by Crippen LogP contribution is -2.50. The predicted molar refractivity (Wildman–Crippen MR) is 60.9 cm³/mol. The molecule has 0 aromatic heterocycles. The third kappa shape index (κ3) is 2.74. The normalized spacial score (nSPS) is 30.4. The lowest BCUT2D eigenvalue weighted by atomic mass is 9.97. The molecular formula is C10H15NO6S. The number of carbonyl (C=O) groups excluding carboxylic acids is 1. The number of nitrogens with zero attached hydrogens (tertiary/aromatic N) is 1. The Morgan fingerprint density at radius 3 is 2.67 bits per heavy atom. The lowest BCUT2D eigenvalue weighted by molar-refractivity contribution is -0.137. The molecule has 0 radical (unpaired) electrons. The Balaban J connectivity index is 1.96. The maximum Gasteiger partial charge on any atom is 0.410 e. The largest absolute Gasteiger partial charge is 0.481 e. The summed E-state index contributed by atoms with van der Waals surface area (Å²) >= 11 is 0. The second kappa shape index (κ2) is 4.42. The van der Waals surface area contributed by atoms with E-state index in [4.69, 9.17) is 9.84 Å². The van der Waals surface area contributed by atoms with Gasteiger partial charge in [0.25, 0.3) is 0 Å². The topological polar surface area (TPSA) is 101 Å². The third-order valence-corrected chi connectivity index (χ3v) is 5.14. The number of aliphatic carboxylic acids is 1. The number of ether oxygens (including phenoxy) is 1. The maximum atomic E-state index is 11.7. The van der Waals surface area contributed by atoms with Gasteiger partial charge >= 0.3 is 12.1 Å². The Morgan fingerprint density at radius 1 is 1.44 bits per heavy atom. The molecule has 2 heterocycles. The zero-order valence-electron chi connectivity index (χ0n) is 9.79. The van der Waals surface area contributed by atoms with Crippen LogP contribution in [0.4, 0.5) is 4.79 Å². The summed E-state index contributed by atoms with van der Waals surface area (Å²) in [7, 11) is -3.11. The molecule has 0 saturated carbocycles. The van der Waals surface area contributed by atoms with Crippen LogP contribution in [0, 0.1) is 0 Å². The molecule has 2 aliphatic rings. The molecule has 1 N–H and O–H groups in total. The number of hydrogen-bond acceptors (Lipinski definition) is 5. The van der Waals surface area contributed by atoms with E-state index in [0.29, 0.717) is 19.4 Å². The quantitative estimate of drug-likeness (QED) is 0.770. The van der Waals surface area contributed by atoms with Crippen molar-refractivity contribution in [3.05, 3.63) is 0 Å². The van der Waals surface area contributed by atoms with Gasteiger partial charge in [0.2, 0.25) is 0 Å². The lowest BCUT2D eigenvalue weighted by Gasteiger charge is -2.37. The molecule has 18 heavy (non-hydrogen) atoms. The number of carboxylic acids is 1. The fourth-order valence-electron chi connectivity index (χ4n) is 2.33. The molecule has 0 aromatic rings. The molecule has 2 saturated heterocycles. The van der Waals surface area contributed by atoms with Crippen molar-refractivity contribution in [3.8, 4) is 0 Å². The van der Waals surface area contributed by atoms with Crippen LogP contribution in [0.15, 0.2) is 0 Å². The van der Waals surface area contributed by atoms with Gasteiger partial charge in [-0.3, -0.25) is 4.79 Å². The summed E-state index contributed by atoms with van der Waals surface area (Å²) < 4.78 is 28.1. The molecule has 7 nitrogen and oxygen atoms in total. The van der Waals surface area contributed by atoms with Crippen LogP contribution < -0.4 is 0 Å². The van der Waals surface area contributed by atoms with Gasteiger partial charge in [-0.1, -0.05) is 0 Å². The highest BCUT2D eigenvalue weighted by atomic mass is 32.2. The van der Waals surface area contributed by atoms with Crippen LogP contribution in [0.2, 0.25) is 0 Å². The molecule has 2 fully saturated rings. The monoisotopic (exact) mass is 277 g/mol. The molecule has 1 unspecified atom stereocenters. The molecule has 0 bridgehead atoms. The molecule has 0 aliphatic carbocycles. The van der Waals surface area contributed by atoms with Gasteiger partial charge in [0.15, 0.2) is 9.84 Å².